The van der Waals surface area contributed by atoms with E-state index < -0.39 is 0 Å². The third-order valence-electron chi connectivity index (χ3n) is 15.6. The number of ether oxygens (including phenoxy) is 1. The van der Waals surface area contributed by atoms with Gasteiger partial charge in [-0.2, -0.15) is 0 Å². The van der Waals surface area contributed by atoms with Crippen LogP contribution in [0.2, 0.25) is 0 Å². The van der Waals surface area contributed by atoms with Gasteiger partial charge < -0.3 is 4.74 Å². The van der Waals surface area contributed by atoms with Crippen molar-refractivity contribution in [2.45, 2.75) is 150 Å². The first kappa shape index (κ1) is 30.9. The van der Waals surface area contributed by atoms with Crippen molar-refractivity contribution >= 4 is 29.5 Å². The maximum atomic E-state index is 12.1. The third kappa shape index (κ3) is 4.20. The van der Waals surface area contributed by atoms with Crippen LogP contribution in [-0.4, -0.2) is 28.2 Å². The summed E-state index contributed by atoms with van der Waals surface area (Å²) < 4.78 is 6.85. The van der Waals surface area contributed by atoms with E-state index in [0.29, 0.717) is 22.2 Å². The largest absolute Gasteiger partial charge is 0.462 e. The second-order valence-electron chi connectivity index (χ2n) is 17.2. The minimum Gasteiger partial charge on any atom is -0.462 e. The molecule has 4 saturated carbocycles. The molecule has 5 aliphatic carbocycles. The van der Waals surface area contributed by atoms with Crippen LogP contribution in [0.3, 0.4) is 0 Å². The van der Waals surface area contributed by atoms with Gasteiger partial charge in [0.25, 0.3) is 0 Å². The van der Waals surface area contributed by atoms with Crippen LogP contribution < -0.4 is 0 Å². The number of thioether (sulfide) groups is 2. The van der Waals surface area contributed by atoms with E-state index in [2.05, 4.69) is 78.9 Å². The predicted octanol–water partition coefficient (Wildman–Crippen LogP) is 10.7. The Bertz CT molecular complexity index is 1090. The van der Waals surface area contributed by atoms with Crippen molar-refractivity contribution in [2.75, 3.05) is 11.5 Å². The number of hydrogen-bond acceptors (Lipinski definition) is 4. The van der Waals surface area contributed by atoms with Crippen LogP contribution in [0.4, 0.5) is 0 Å². The minimum atomic E-state index is -0.106. The van der Waals surface area contributed by atoms with E-state index in [0.717, 1.165) is 22.8 Å². The first-order valence-electron chi connectivity index (χ1n) is 17.3. The quantitative estimate of drug-likeness (QED) is 0.237. The lowest BCUT2D eigenvalue weighted by molar-refractivity contribution is -0.270. The molecule has 0 aromatic carbocycles. The number of hydrogen-bond donors (Lipinski definition) is 0. The number of esters is 1. The Morgan fingerprint density at radius 1 is 0.854 bits per heavy atom. The van der Waals surface area contributed by atoms with Gasteiger partial charge in [-0.05, 0) is 133 Å². The van der Waals surface area contributed by atoms with E-state index in [1.165, 1.54) is 82.1 Å². The highest BCUT2D eigenvalue weighted by Crippen LogP contribution is 2.80. The van der Waals surface area contributed by atoms with Crippen LogP contribution >= 0.6 is 23.5 Å². The van der Waals surface area contributed by atoms with E-state index in [4.69, 9.17) is 4.74 Å². The highest BCUT2D eigenvalue weighted by molar-refractivity contribution is 8.17. The molecule has 1 aliphatic heterocycles. The Hall–Kier alpha value is -0.0900. The lowest BCUT2D eigenvalue weighted by Gasteiger charge is -2.75. The first-order valence-corrected chi connectivity index (χ1v) is 19.4. The van der Waals surface area contributed by atoms with Crippen molar-refractivity contribution < 1.29 is 9.53 Å². The molecule has 41 heavy (non-hydrogen) atoms. The molecule has 0 aromatic heterocycles. The summed E-state index contributed by atoms with van der Waals surface area (Å²) in [5.41, 5.74) is 5.55. The maximum absolute atomic E-state index is 12.1. The Labute approximate surface area is 261 Å². The molecule has 0 radical (unpaired) electrons. The van der Waals surface area contributed by atoms with Gasteiger partial charge in [-0.3, -0.25) is 4.79 Å². The normalized spacial score (nSPS) is 47.8. The fraction of sp³-hybridized carbons (Fsp3) is 0.919. The van der Waals surface area contributed by atoms with Crippen LogP contribution in [0.1, 0.15) is 139 Å². The van der Waals surface area contributed by atoms with Crippen LogP contribution in [0.5, 0.6) is 0 Å². The van der Waals surface area contributed by atoms with Gasteiger partial charge in [0, 0.05) is 12.3 Å². The van der Waals surface area contributed by atoms with Gasteiger partial charge in [0.1, 0.15) is 6.10 Å². The minimum absolute atomic E-state index is 0.0133. The topological polar surface area (TPSA) is 26.3 Å². The Kier molecular flexibility index (Phi) is 7.70. The summed E-state index contributed by atoms with van der Waals surface area (Å²) in [7, 11) is 0. The van der Waals surface area contributed by atoms with E-state index in [1.807, 2.05) is 11.1 Å². The third-order valence-corrected chi connectivity index (χ3v) is 18.6. The molecule has 5 fully saturated rings. The summed E-state index contributed by atoms with van der Waals surface area (Å²) >= 11 is 4.56. The molecule has 0 amide bonds. The smallest absolute Gasteiger partial charge is 0.302 e. The zero-order chi connectivity index (χ0) is 29.6. The van der Waals surface area contributed by atoms with E-state index in [9.17, 15) is 4.79 Å². The fourth-order valence-corrected chi connectivity index (χ4v) is 15.8. The molecule has 8 unspecified atom stereocenters. The zero-order valence-corrected chi connectivity index (χ0v) is 29.6. The van der Waals surface area contributed by atoms with Gasteiger partial charge in [-0.25, -0.2) is 0 Å². The molecule has 1 heterocycles. The van der Waals surface area contributed by atoms with Crippen molar-refractivity contribution in [3.63, 3.8) is 0 Å². The predicted molar refractivity (Wildman–Crippen MR) is 177 cm³/mol. The van der Waals surface area contributed by atoms with Gasteiger partial charge in [0.05, 0.1) is 4.58 Å². The molecule has 2 nitrogen and oxygen atoms in total. The Balaban J connectivity index is 1.37. The van der Waals surface area contributed by atoms with Crippen LogP contribution in [0.25, 0.3) is 0 Å². The monoisotopic (exact) mass is 600 g/mol. The zero-order valence-electron chi connectivity index (χ0n) is 27.9. The van der Waals surface area contributed by atoms with Crippen molar-refractivity contribution in [2.24, 2.45) is 50.2 Å². The summed E-state index contributed by atoms with van der Waals surface area (Å²) in [4.78, 5) is 12.1. The molecule has 0 aromatic rings. The van der Waals surface area contributed by atoms with Gasteiger partial charge in [-0.1, -0.05) is 66.5 Å². The van der Waals surface area contributed by atoms with Gasteiger partial charge in [-0.15, -0.1) is 23.5 Å². The molecule has 1 saturated heterocycles. The summed E-state index contributed by atoms with van der Waals surface area (Å²) in [6.07, 6.45) is 16.1. The van der Waals surface area contributed by atoms with Gasteiger partial charge in [0.2, 0.25) is 0 Å². The van der Waals surface area contributed by atoms with Gasteiger partial charge >= 0.3 is 5.97 Å². The molecule has 8 atom stereocenters. The van der Waals surface area contributed by atoms with Crippen molar-refractivity contribution in [3.05, 3.63) is 11.1 Å². The first-order chi connectivity index (χ1) is 19.2. The summed E-state index contributed by atoms with van der Waals surface area (Å²) in [6.45, 7) is 22.3. The number of allylic oxidation sites excluding steroid dienone is 2. The SMILES string of the molecule is CC(=O)OC1CCC2(C)C3CCC4C5=C(C(C)C)CCC5(CC5SCCCS5)CCC4(C)C3(C)CCC2(C)C1(C)C. The van der Waals surface area contributed by atoms with Crippen molar-refractivity contribution in [1.29, 1.82) is 0 Å². The van der Waals surface area contributed by atoms with E-state index in [1.54, 1.807) is 6.92 Å². The molecule has 232 valence electrons. The number of rotatable bonds is 4. The van der Waals surface area contributed by atoms with E-state index >= 15 is 0 Å². The van der Waals surface area contributed by atoms with Crippen LogP contribution in [0.15, 0.2) is 11.1 Å². The highest BCUT2D eigenvalue weighted by atomic mass is 32.2. The summed E-state index contributed by atoms with van der Waals surface area (Å²) in [5.74, 6) is 4.85. The summed E-state index contributed by atoms with van der Waals surface area (Å²) in [6, 6.07) is 0. The standard InChI is InChI=1S/C37H60O2S2/c1-24(2)26-13-16-37(23-30-40-21-10-22-41-30)20-18-33(6)27(31(26)37)11-12-28-34(33,7)17-19-36(9)32(4,5)29(39-25(3)38)14-15-35(28,36)8/h24,27-30H,10-23H2,1-9H3. The molecule has 0 spiro atoms. The second kappa shape index (κ2) is 10.2. The number of carbonyl (C=O) groups is 1. The molecular weight excluding hydrogens is 541 g/mol. The maximum Gasteiger partial charge on any atom is 0.302 e. The molecule has 6 rings (SSSR count). The molecule has 0 bridgehead atoms. The average Bonchev–Trinajstić information content (AvgIpc) is 3.29. The number of fused-ring (bicyclic) bond motifs is 7. The average molecular weight is 601 g/mol. The lowest BCUT2D eigenvalue weighted by Crippen LogP contribution is -2.69. The molecular formula is C37H60O2S2. The number of carbonyl (C=O) groups excluding carboxylic acids is 1. The summed E-state index contributed by atoms with van der Waals surface area (Å²) in [5, 5.41) is 0. The highest BCUT2D eigenvalue weighted by Gasteiger charge is 2.73. The Morgan fingerprint density at radius 3 is 2.20 bits per heavy atom. The Morgan fingerprint density at radius 2 is 1.54 bits per heavy atom. The van der Waals surface area contributed by atoms with Crippen molar-refractivity contribution in [1.82, 2.24) is 0 Å². The van der Waals surface area contributed by atoms with Crippen molar-refractivity contribution in [3.8, 4) is 0 Å². The molecule has 4 heteroatoms. The van der Waals surface area contributed by atoms with Crippen LogP contribution in [-0.2, 0) is 9.53 Å². The fourth-order valence-electron chi connectivity index (χ4n) is 12.6. The molecule has 6 aliphatic rings. The van der Waals surface area contributed by atoms with Gasteiger partial charge in [0.15, 0.2) is 0 Å². The van der Waals surface area contributed by atoms with E-state index in [-0.39, 0.29) is 28.3 Å². The van der Waals surface area contributed by atoms with Crippen LogP contribution in [0, 0.1) is 50.2 Å². The second-order valence-corrected chi connectivity index (χ2v) is 20.1. The molecule has 0 N–H and O–H groups in total. The lowest BCUT2D eigenvalue weighted by atomic mass is 9.29.